The van der Waals surface area contributed by atoms with Gasteiger partial charge < -0.3 is 15.5 Å². The fraction of sp³-hybridized carbons (Fsp3) is 0.556. The van der Waals surface area contributed by atoms with E-state index in [-0.39, 0.29) is 5.95 Å². The number of rotatable bonds is 4. The van der Waals surface area contributed by atoms with Gasteiger partial charge in [-0.05, 0) is 14.1 Å². The van der Waals surface area contributed by atoms with Crippen molar-refractivity contribution in [2.45, 2.75) is 0 Å². The molecule has 1 rings (SSSR count). The van der Waals surface area contributed by atoms with Gasteiger partial charge in [0.05, 0.1) is 0 Å². The highest BCUT2D eigenvalue weighted by Crippen LogP contribution is 2.15. The van der Waals surface area contributed by atoms with Crippen LogP contribution in [0.3, 0.4) is 0 Å². The first-order chi connectivity index (χ1) is 6.99. The molecule has 0 aliphatic carbocycles. The molecule has 0 unspecified atom stereocenters. The van der Waals surface area contributed by atoms with E-state index in [1.807, 2.05) is 26.0 Å². The zero-order valence-electron chi connectivity index (χ0n) is 9.24. The zero-order valence-corrected chi connectivity index (χ0v) is 9.99. The Balaban J connectivity index is 2.68. The first kappa shape index (κ1) is 12.0. The first-order valence-electron chi connectivity index (χ1n) is 4.65. The average molecular weight is 230 g/mol. The molecule has 0 saturated heterocycles. The van der Waals surface area contributed by atoms with E-state index in [9.17, 15) is 0 Å². The maximum atomic E-state index is 5.79. The number of aromatic nitrogens is 2. The van der Waals surface area contributed by atoms with Gasteiger partial charge in [-0.1, -0.05) is 11.6 Å². The van der Waals surface area contributed by atoms with Crippen molar-refractivity contribution in [3.8, 4) is 0 Å². The fourth-order valence-electron chi connectivity index (χ4n) is 1.08. The second kappa shape index (κ2) is 5.14. The van der Waals surface area contributed by atoms with Crippen LogP contribution in [0.2, 0.25) is 5.15 Å². The lowest BCUT2D eigenvalue weighted by Crippen LogP contribution is -2.29. The number of hydrogen-bond donors (Lipinski definition) is 1. The number of nitrogens with two attached hydrogens (primary N) is 1. The smallest absolute Gasteiger partial charge is 0.223 e. The lowest BCUT2D eigenvalue weighted by Gasteiger charge is -2.20. The number of likely N-dealkylation sites (N-methyl/N-ethyl adjacent to an activating group) is 2. The van der Waals surface area contributed by atoms with Crippen LogP contribution in [-0.2, 0) is 0 Å². The highest BCUT2D eigenvalue weighted by atomic mass is 35.5. The SMILES string of the molecule is CN(C)CCN(C)c1cc(Cl)nc(N)n1. The molecule has 0 amide bonds. The summed E-state index contributed by atoms with van der Waals surface area (Å²) < 4.78 is 0. The third kappa shape index (κ3) is 3.89. The van der Waals surface area contributed by atoms with Gasteiger partial charge in [0.2, 0.25) is 5.95 Å². The Morgan fingerprint density at radius 3 is 2.47 bits per heavy atom. The first-order valence-corrected chi connectivity index (χ1v) is 5.03. The molecule has 84 valence electrons. The number of hydrogen-bond acceptors (Lipinski definition) is 5. The molecule has 0 fully saturated rings. The van der Waals surface area contributed by atoms with Crippen molar-refractivity contribution in [3.05, 3.63) is 11.2 Å². The van der Waals surface area contributed by atoms with E-state index >= 15 is 0 Å². The Morgan fingerprint density at radius 1 is 1.27 bits per heavy atom. The van der Waals surface area contributed by atoms with Crippen LogP contribution in [0.15, 0.2) is 6.07 Å². The topological polar surface area (TPSA) is 58.3 Å². The van der Waals surface area contributed by atoms with Gasteiger partial charge in [0.1, 0.15) is 11.0 Å². The molecule has 1 heterocycles. The van der Waals surface area contributed by atoms with Gasteiger partial charge >= 0.3 is 0 Å². The second-order valence-electron chi connectivity index (χ2n) is 3.63. The molecule has 15 heavy (non-hydrogen) atoms. The summed E-state index contributed by atoms with van der Waals surface area (Å²) in [6, 6.07) is 1.70. The van der Waals surface area contributed by atoms with E-state index in [4.69, 9.17) is 17.3 Å². The maximum absolute atomic E-state index is 5.79. The van der Waals surface area contributed by atoms with Gasteiger partial charge in [-0.2, -0.15) is 4.98 Å². The molecule has 1 aromatic heterocycles. The molecule has 0 aromatic carbocycles. The summed E-state index contributed by atoms with van der Waals surface area (Å²) >= 11 is 5.79. The summed E-state index contributed by atoms with van der Waals surface area (Å²) in [4.78, 5) is 12.0. The molecule has 2 N–H and O–H groups in total. The van der Waals surface area contributed by atoms with Crippen molar-refractivity contribution in [2.75, 3.05) is 44.9 Å². The van der Waals surface area contributed by atoms with Crippen LogP contribution in [0.25, 0.3) is 0 Å². The van der Waals surface area contributed by atoms with Crippen molar-refractivity contribution < 1.29 is 0 Å². The van der Waals surface area contributed by atoms with Crippen LogP contribution in [0.4, 0.5) is 11.8 Å². The third-order valence-electron chi connectivity index (χ3n) is 1.97. The van der Waals surface area contributed by atoms with Crippen LogP contribution >= 0.6 is 11.6 Å². The van der Waals surface area contributed by atoms with Crippen LogP contribution in [-0.4, -0.2) is 49.1 Å². The molecule has 0 aliphatic rings. The van der Waals surface area contributed by atoms with Crippen LogP contribution in [0, 0.1) is 0 Å². The summed E-state index contributed by atoms with van der Waals surface area (Å²) in [6.45, 7) is 1.80. The minimum atomic E-state index is 0.203. The molecule has 0 aliphatic heterocycles. The van der Waals surface area contributed by atoms with Crippen molar-refractivity contribution >= 4 is 23.4 Å². The summed E-state index contributed by atoms with van der Waals surface area (Å²) in [7, 11) is 5.99. The number of nitrogen functional groups attached to an aromatic ring is 1. The predicted molar refractivity (Wildman–Crippen MR) is 63.3 cm³/mol. The normalized spacial score (nSPS) is 10.7. The lowest BCUT2D eigenvalue weighted by molar-refractivity contribution is 0.416. The van der Waals surface area contributed by atoms with Crippen molar-refractivity contribution in [1.82, 2.24) is 14.9 Å². The Kier molecular flexibility index (Phi) is 4.11. The Hall–Kier alpha value is -1.07. The summed E-state index contributed by atoms with van der Waals surface area (Å²) in [5.74, 6) is 0.948. The van der Waals surface area contributed by atoms with E-state index in [0.717, 1.165) is 18.9 Å². The van der Waals surface area contributed by atoms with Crippen molar-refractivity contribution in [2.24, 2.45) is 0 Å². The van der Waals surface area contributed by atoms with Gasteiger partial charge in [-0.3, -0.25) is 0 Å². The Labute approximate surface area is 94.9 Å². The molecule has 0 bridgehead atoms. The maximum Gasteiger partial charge on any atom is 0.223 e. The minimum Gasteiger partial charge on any atom is -0.368 e. The van der Waals surface area contributed by atoms with Crippen LogP contribution in [0.1, 0.15) is 0 Å². The standard InChI is InChI=1S/C9H16ClN5/c1-14(2)4-5-15(3)8-6-7(10)12-9(11)13-8/h6H,4-5H2,1-3H3,(H2,11,12,13). The average Bonchev–Trinajstić information content (AvgIpc) is 2.12. The summed E-state index contributed by atoms with van der Waals surface area (Å²) in [6.07, 6.45) is 0. The molecule has 1 aromatic rings. The van der Waals surface area contributed by atoms with Crippen molar-refractivity contribution in [3.63, 3.8) is 0 Å². The number of halogens is 1. The van der Waals surface area contributed by atoms with Gasteiger partial charge in [-0.25, -0.2) is 4.98 Å². The number of nitrogens with zero attached hydrogens (tertiary/aromatic N) is 4. The van der Waals surface area contributed by atoms with E-state index < -0.39 is 0 Å². The molecular weight excluding hydrogens is 214 g/mol. The molecule has 0 saturated carbocycles. The monoisotopic (exact) mass is 229 g/mol. The highest BCUT2D eigenvalue weighted by Gasteiger charge is 2.05. The Bertz CT molecular complexity index is 308. The lowest BCUT2D eigenvalue weighted by atomic mass is 10.4. The molecule has 0 radical (unpaired) electrons. The summed E-state index contributed by atoms with van der Waals surface area (Å²) in [5, 5.41) is 0.370. The second-order valence-corrected chi connectivity index (χ2v) is 4.02. The van der Waals surface area contributed by atoms with E-state index in [0.29, 0.717) is 5.15 Å². The van der Waals surface area contributed by atoms with Gasteiger partial charge in [0.15, 0.2) is 0 Å². The minimum absolute atomic E-state index is 0.203. The molecule has 0 atom stereocenters. The van der Waals surface area contributed by atoms with Gasteiger partial charge in [0.25, 0.3) is 0 Å². The molecule has 5 nitrogen and oxygen atoms in total. The zero-order chi connectivity index (χ0) is 11.4. The quantitative estimate of drug-likeness (QED) is 0.771. The van der Waals surface area contributed by atoms with E-state index in [1.165, 1.54) is 0 Å². The molecule has 0 spiro atoms. The predicted octanol–water partition coefficient (Wildman–Crippen LogP) is 0.710. The fourth-order valence-corrected chi connectivity index (χ4v) is 1.27. The van der Waals surface area contributed by atoms with E-state index in [1.54, 1.807) is 6.07 Å². The van der Waals surface area contributed by atoms with Crippen molar-refractivity contribution in [1.29, 1.82) is 0 Å². The largest absolute Gasteiger partial charge is 0.368 e. The Morgan fingerprint density at radius 2 is 1.93 bits per heavy atom. The summed E-state index contributed by atoms with van der Waals surface area (Å²) in [5.41, 5.74) is 5.51. The van der Waals surface area contributed by atoms with E-state index in [2.05, 4.69) is 14.9 Å². The van der Waals surface area contributed by atoms with Crippen LogP contribution < -0.4 is 10.6 Å². The molecule has 6 heteroatoms. The number of anilines is 2. The van der Waals surface area contributed by atoms with Gasteiger partial charge in [0, 0.05) is 26.2 Å². The molecular formula is C9H16ClN5. The third-order valence-corrected chi connectivity index (χ3v) is 2.17. The highest BCUT2D eigenvalue weighted by molar-refractivity contribution is 6.29. The van der Waals surface area contributed by atoms with Crippen LogP contribution in [0.5, 0.6) is 0 Å². The van der Waals surface area contributed by atoms with Gasteiger partial charge in [-0.15, -0.1) is 0 Å².